The SMILES string of the molecule is Cl.O=P(O)(O)OCCOCl. The standard InChI is InChI=1S/C2H6ClO5P.ClH/c3-7-1-2-8-9(4,5)6;/h1-2H2,(H2,4,5,6);1H. The third-order valence-corrected chi connectivity index (χ3v) is 1.09. The average molecular weight is 213 g/mol. The van der Waals surface area contributed by atoms with Gasteiger partial charge in [-0.05, 0) is 0 Å². The summed E-state index contributed by atoms with van der Waals surface area (Å²) in [6, 6.07) is 0. The van der Waals surface area contributed by atoms with Crippen LogP contribution >= 0.6 is 32.1 Å². The average Bonchev–Trinajstić information content (AvgIpc) is 1.63. The van der Waals surface area contributed by atoms with Gasteiger partial charge in [0.15, 0.2) is 0 Å². The summed E-state index contributed by atoms with van der Waals surface area (Å²) in [5, 5.41) is 0. The van der Waals surface area contributed by atoms with Gasteiger partial charge in [0.1, 0.15) is 0 Å². The second-order valence-electron chi connectivity index (χ2n) is 1.14. The lowest BCUT2D eigenvalue weighted by molar-refractivity contribution is 0.165. The molecule has 5 nitrogen and oxygen atoms in total. The van der Waals surface area contributed by atoms with Gasteiger partial charge >= 0.3 is 7.82 Å². The van der Waals surface area contributed by atoms with E-state index in [4.69, 9.17) is 21.7 Å². The van der Waals surface area contributed by atoms with Crippen molar-refractivity contribution < 1.29 is 23.2 Å². The van der Waals surface area contributed by atoms with E-state index in [-0.39, 0.29) is 25.6 Å². The van der Waals surface area contributed by atoms with Crippen molar-refractivity contribution in [2.45, 2.75) is 0 Å². The fourth-order valence-electron chi connectivity index (χ4n) is 0.188. The minimum atomic E-state index is -4.33. The molecule has 0 spiro atoms. The second kappa shape index (κ2) is 6.37. The van der Waals surface area contributed by atoms with Gasteiger partial charge in [0.25, 0.3) is 0 Å². The third kappa shape index (κ3) is 11.4. The van der Waals surface area contributed by atoms with E-state index in [0.29, 0.717) is 0 Å². The Hall–Kier alpha value is 0.650. The molecule has 0 aromatic heterocycles. The summed E-state index contributed by atoms with van der Waals surface area (Å²) in [4.78, 5) is 16.1. The first-order valence-electron chi connectivity index (χ1n) is 2.00. The van der Waals surface area contributed by atoms with Crippen LogP contribution in [0.1, 0.15) is 0 Å². The molecule has 0 radical (unpaired) electrons. The van der Waals surface area contributed by atoms with Crippen LogP contribution in [0.15, 0.2) is 0 Å². The van der Waals surface area contributed by atoms with Crippen LogP contribution in [-0.4, -0.2) is 23.0 Å². The van der Waals surface area contributed by atoms with Crippen molar-refractivity contribution in [1.29, 1.82) is 0 Å². The molecule has 0 bridgehead atoms. The normalized spacial score (nSPS) is 10.7. The molecule has 0 saturated carbocycles. The van der Waals surface area contributed by atoms with Gasteiger partial charge in [-0.2, -0.15) is 0 Å². The molecule has 0 rings (SSSR count). The van der Waals surface area contributed by atoms with Crippen LogP contribution in [0.4, 0.5) is 0 Å². The Kier molecular flexibility index (Phi) is 8.44. The van der Waals surface area contributed by atoms with Crippen molar-refractivity contribution in [2.75, 3.05) is 13.2 Å². The molecule has 0 aliphatic carbocycles. The van der Waals surface area contributed by atoms with Crippen LogP contribution < -0.4 is 0 Å². The Morgan fingerprint density at radius 3 is 2.20 bits per heavy atom. The van der Waals surface area contributed by atoms with Crippen LogP contribution in [0.25, 0.3) is 0 Å². The predicted molar refractivity (Wildman–Crippen MR) is 37.0 cm³/mol. The smallest absolute Gasteiger partial charge is 0.303 e. The molecule has 64 valence electrons. The first kappa shape index (κ1) is 13.3. The highest BCUT2D eigenvalue weighted by Gasteiger charge is 2.12. The highest BCUT2D eigenvalue weighted by atomic mass is 35.5. The first-order valence-corrected chi connectivity index (χ1v) is 3.84. The van der Waals surface area contributed by atoms with Gasteiger partial charge < -0.3 is 9.79 Å². The molecular weight excluding hydrogens is 206 g/mol. The van der Waals surface area contributed by atoms with Crippen LogP contribution in [0.2, 0.25) is 0 Å². The number of halogens is 2. The van der Waals surface area contributed by atoms with E-state index in [1.54, 1.807) is 0 Å². The third-order valence-electron chi connectivity index (χ3n) is 0.420. The van der Waals surface area contributed by atoms with E-state index >= 15 is 0 Å². The Balaban J connectivity index is 0. The van der Waals surface area contributed by atoms with E-state index in [0.717, 1.165) is 0 Å². The Bertz CT molecular complexity index is 112. The Morgan fingerprint density at radius 1 is 1.40 bits per heavy atom. The molecule has 0 aliphatic rings. The fraction of sp³-hybridized carbons (Fsp3) is 1.00. The van der Waals surface area contributed by atoms with Crippen molar-refractivity contribution in [2.24, 2.45) is 0 Å². The van der Waals surface area contributed by atoms with E-state index in [1.165, 1.54) is 0 Å². The summed E-state index contributed by atoms with van der Waals surface area (Å²) in [5.74, 6) is 0. The summed E-state index contributed by atoms with van der Waals surface area (Å²) in [5.41, 5.74) is 0. The lowest BCUT2D eigenvalue weighted by Gasteiger charge is -2.01. The van der Waals surface area contributed by atoms with E-state index in [9.17, 15) is 4.57 Å². The molecule has 2 N–H and O–H groups in total. The highest BCUT2D eigenvalue weighted by molar-refractivity contribution is 7.46. The molecule has 0 amide bonds. The molecule has 0 unspecified atom stereocenters. The van der Waals surface area contributed by atoms with Crippen molar-refractivity contribution in [3.05, 3.63) is 0 Å². The number of phosphoric acid groups is 1. The maximum atomic E-state index is 9.88. The van der Waals surface area contributed by atoms with Gasteiger partial charge in [0.05, 0.1) is 25.1 Å². The van der Waals surface area contributed by atoms with Crippen LogP contribution in [0, 0.1) is 0 Å². The summed E-state index contributed by atoms with van der Waals surface area (Å²) in [6.07, 6.45) is 0. The van der Waals surface area contributed by atoms with Crippen LogP contribution in [0.5, 0.6) is 0 Å². The summed E-state index contributed by atoms with van der Waals surface area (Å²) in [6.45, 7) is -0.263. The van der Waals surface area contributed by atoms with Gasteiger partial charge in [-0.3, -0.25) is 8.81 Å². The minimum absolute atomic E-state index is 0. The Morgan fingerprint density at radius 2 is 1.90 bits per heavy atom. The molecule has 10 heavy (non-hydrogen) atoms. The van der Waals surface area contributed by atoms with Crippen molar-refractivity contribution in [3.63, 3.8) is 0 Å². The lowest BCUT2D eigenvalue weighted by atomic mass is 10.8. The van der Waals surface area contributed by atoms with Crippen LogP contribution in [-0.2, 0) is 13.4 Å². The second-order valence-corrected chi connectivity index (χ2v) is 2.59. The zero-order valence-electron chi connectivity index (χ0n) is 4.77. The largest absolute Gasteiger partial charge is 0.469 e. The van der Waals surface area contributed by atoms with E-state index in [1.807, 2.05) is 0 Å². The topological polar surface area (TPSA) is 76.0 Å². The van der Waals surface area contributed by atoms with Crippen molar-refractivity contribution in [1.82, 2.24) is 0 Å². The van der Waals surface area contributed by atoms with E-state index in [2.05, 4.69) is 8.81 Å². The number of hydrogen-bond acceptors (Lipinski definition) is 3. The monoisotopic (exact) mass is 212 g/mol. The van der Waals surface area contributed by atoms with E-state index < -0.39 is 7.82 Å². The van der Waals surface area contributed by atoms with Crippen molar-refractivity contribution >= 4 is 32.1 Å². The number of rotatable bonds is 4. The quantitative estimate of drug-likeness (QED) is 0.530. The number of phosphoric ester groups is 1. The van der Waals surface area contributed by atoms with Crippen LogP contribution in [0.3, 0.4) is 0 Å². The summed E-state index contributed by atoms with van der Waals surface area (Å²) >= 11 is 4.70. The molecular formula is C2H7Cl2O5P. The molecule has 0 atom stereocenters. The zero-order valence-corrected chi connectivity index (χ0v) is 7.23. The maximum Gasteiger partial charge on any atom is 0.469 e. The van der Waals surface area contributed by atoms with Gasteiger partial charge in [0.2, 0.25) is 0 Å². The lowest BCUT2D eigenvalue weighted by Crippen LogP contribution is -1.97. The molecule has 0 aromatic carbocycles. The Labute approximate surface area is 69.1 Å². The molecule has 8 heteroatoms. The maximum absolute atomic E-state index is 9.88. The zero-order chi connectivity index (χ0) is 7.33. The summed E-state index contributed by atoms with van der Waals surface area (Å²) < 4.78 is 17.7. The van der Waals surface area contributed by atoms with Crippen molar-refractivity contribution in [3.8, 4) is 0 Å². The van der Waals surface area contributed by atoms with Gasteiger partial charge in [-0.1, -0.05) is 0 Å². The molecule has 0 aliphatic heterocycles. The minimum Gasteiger partial charge on any atom is -0.303 e. The predicted octanol–water partition coefficient (Wildman–Crippen LogP) is 0.688. The highest BCUT2D eigenvalue weighted by Crippen LogP contribution is 2.35. The molecule has 0 saturated heterocycles. The molecule has 0 fully saturated rings. The first-order chi connectivity index (χ1) is 4.06. The number of hydrogen-bond donors (Lipinski definition) is 2. The fourth-order valence-corrected chi connectivity index (χ4v) is 0.563. The van der Waals surface area contributed by atoms with Gasteiger partial charge in [-0.25, -0.2) is 4.57 Å². The summed E-state index contributed by atoms with van der Waals surface area (Å²) in [7, 11) is -4.33. The van der Waals surface area contributed by atoms with Gasteiger partial charge in [0, 0.05) is 0 Å². The molecule has 0 heterocycles. The van der Waals surface area contributed by atoms with Gasteiger partial charge in [-0.15, -0.1) is 12.4 Å². The molecule has 0 aromatic rings.